The lowest BCUT2D eigenvalue weighted by Gasteiger charge is -2.20. The van der Waals surface area contributed by atoms with E-state index in [1.54, 1.807) is 23.1 Å². The van der Waals surface area contributed by atoms with E-state index in [1.807, 2.05) is 44.2 Å². The van der Waals surface area contributed by atoms with E-state index in [9.17, 15) is 9.59 Å². The first kappa shape index (κ1) is 21.6. The molecule has 1 heterocycles. The summed E-state index contributed by atoms with van der Waals surface area (Å²) in [5.41, 5.74) is 2.13. The topological polar surface area (TPSA) is 59.8 Å². The molecule has 0 spiro atoms. The van der Waals surface area contributed by atoms with Crippen molar-refractivity contribution >= 4 is 16.9 Å². The van der Waals surface area contributed by atoms with E-state index < -0.39 is 0 Å². The van der Waals surface area contributed by atoms with Crippen molar-refractivity contribution in [2.45, 2.75) is 40.0 Å². The number of amides is 1. The van der Waals surface area contributed by atoms with E-state index in [4.69, 9.17) is 9.15 Å². The first-order chi connectivity index (χ1) is 14.3. The molecule has 2 aromatic carbocycles. The molecule has 1 amide bonds. The number of fused-ring (bicyclic) bond motifs is 1. The van der Waals surface area contributed by atoms with Gasteiger partial charge in [-0.25, -0.2) is 0 Å². The number of rotatable bonds is 6. The second-order valence-corrected chi connectivity index (χ2v) is 8.27. The van der Waals surface area contributed by atoms with Crippen LogP contribution in [-0.2, 0) is 10.2 Å². The molecule has 0 fully saturated rings. The quantitative estimate of drug-likeness (QED) is 0.577. The van der Waals surface area contributed by atoms with E-state index in [1.165, 1.54) is 5.56 Å². The van der Waals surface area contributed by atoms with Crippen LogP contribution in [0.5, 0.6) is 5.75 Å². The van der Waals surface area contributed by atoms with Gasteiger partial charge in [0.1, 0.15) is 5.58 Å². The third kappa shape index (κ3) is 4.40. The molecule has 5 nitrogen and oxygen atoms in total. The molecule has 5 heteroatoms. The molecular weight excluding hydrogens is 378 g/mol. The summed E-state index contributed by atoms with van der Waals surface area (Å²) in [6.07, 6.45) is 0. The Morgan fingerprint density at radius 3 is 2.23 bits per heavy atom. The van der Waals surface area contributed by atoms with Crippen LogP contribution >= 0.6 is 0 Å². The number of nitrogens with zero attached hydrogens (tertiary/aromatic N) is 1. The summed E-state index contributed by atoms with van der Waals surface area (Å²) in [4.78, 5) is 27.3. The summed E-state index contributed by atoms with van der Waals surface area (Å²) < 4.78 is 11.9. The highest BCUT2D eigenvalue weighted by Gasteiger charge is 2.21. The van der Waals surface area contributed by atoms with Crippen LogP contribution in [0.25, 0.3) is 22.3 Å². The Labute approximate surface area is 177 Å². The molecule has 0 unspecified atom stereocenters. The number of likely N-dealkylation sites (N-methyl/N-ethyl adjacent to an activating group) is 1. The van der Waals surface area contributed by atoms with Gasteiger partial charge in [-0.1, -0.05) is 57.2 Å². The predicted molar refractivity (Wildman–Crippen MR) is 120 cm³/mol. The Hall–Kier alpha value is -3.08. The fourth-order valence-corrected chi connectivity index (χ4v) is 3.37. The summed E-state index contributed by atoms with van der Waals surface area (Å²) in [6.45, 7) is 11.2. The fraction of sp³-hybridized carbons (Fsp3) is 0.360. The summed E-state index contributed by atoms with van der Waals surface area (Å²) >= 11 is 0. The van der Waals surface area contributed by atoms with Gasteiger partial charge in [0.05, 0.1) is 5.39 Å². The van der Waals surface area contributed by atoms with Crippen LogP contribution in [0, 0.1) is 0 Å². The lowest BCUT2D eigenvalue weighted by Crippen LogP contribution is -2.35. The smallest absolute Gasteiger partial charge is 0.260 e. The Morgan fingerprint density at radius 2 is 1.63 bits per heavy atom. The number of ether oxygens (including phenoxy) is 1. The molecule has 0 saturated heterocycles. The number of para-hydroxylation sites is 1. The van der Waals surface area contributed by atoms with Gasteiger partial charge >= 0.3 is 0 Å². The van der Waals surface area contributed by atoms with Gasteiger partial charge in [0.25, 0.3) is 5.91 Å². The summed E-state index contributed by atoms with van der Waals surface area (Å²) in [5, 5.41) is 0.429. The maximum atomic E-state index is 13.2. The van der Waals surface area contributed by atoms with Crippen molar-refractivity contribution in [3.05, 3.63) is 64.3 Å². The van der Waals surface area contributed by atoms with Gasteiger partial charge in [-0.05, 0) is 37.0 Å². The molecule has 0 atom stereocenters. The molecule has 3 rings (SSSR count). The minimum absolute atomic E-state index is 0.0122. The minimum Gasteiger partial charge on any atom is -0.476 e. The van der Waals surface area contributed by atoms with Gasteiger partial charge in [-0.3, -0.25) is 9.59 Å². The molecule has 0 radical (unpaired) electrons. The summed E-state index contributed by atoms with van der Waals surface area (Å²) in [6, 6.07) is 15.0. The molecule has 0 aliphatic heterocycles. The molecule has 0 aliphatic carbocycles. The predicted octanol–water partition coefficient (Wildman–Crippen LogP) is 5.00. The SMILES string of the molecule is CCN(CC)C(=O)COc1c(-c2ccc(C(C)(C)C)cc2)oc2ccccc2c1=O. The molecule has 0 bridgehead atoms. The number of carbonyl (C=O) groups is 1. The second kappa shape index (κ2) is 8.74. The van der Waals surface area contributed by atoms with Crippen LogP contribution in [0.2, 0.25) is 0 Å². The van der Waals surface area contributed by atoms with Crippen LogP contribution in [0.1, 0.15) is 40.2 Å². The van der Waals surface area contributed by atoms with Crippen molar-refractivity contribution in [3.63, 3.8) is 0 Å². The highest BCUT2D eigenvalue weighted by Crippen LogP contribution is 2.32. The highest BCUT2D eigenvalue weighted by molar-refractivity contribution is 5.83. The minimum atomic E-state index is -0.279. The Balaban J connectivity index is 2.07. The van der Waals surface area contributed by atoms with Crippen molar-refractivity contribution in [2.24, 2.45) is 0 Å². The molecule has 1 aromatic heterocycles. The molecule has 0 N–H and O–H groups in total. The standard InChI is InChI=1S/C25H29NO4/c1-6-26(7-2)21(27)16-29-24-22(28)19-10-8-9-11-20(19)30-23(24)17-12-14-18(15-13-17)25(3,4)5/h8-15H,6-7,16H2,1-5H3. The number of benzene rings is 2. The van der Waals surface area contributed by atoms with Gasteiger partial charge in [-0.2, -0.15) is 0 Å². The zero-order valence-corrected chi connectivity index (χ0v) is 18.3. The van der Waals surface area contributed by atoms with Gasteiger partial charge in [0.2, 0.25) is 11.2 Å². The van der Waals surface area contributed by atoms with E-state index in [0.29, 0.717) is 29.8 Å². The normalized spacial score (nSPS) is 11.5. The van der Waals surface area contributed by atoms with E-state index >= 15 is 0 Å². The molecule has 30 heavy (non-hydrogen) atoms. The largest absolute Gasteiger partial charge is 0.476 e. The van der Waals surface area contributed by atoms with E-state index in [0.717, 1.165) is 5.56 Å². The molecule has 0 aliphatic rings. The summed E-state index contributed by atoms with van der Waals surface area (Å²) in [5.74, 6) is 0.241. The van der Waals surface area contributed by atoms with Crippen LogP contribution in [0.4, 0.5) is 0 Å². The maximum Gasteiger partial charge on any atom is 0.260 e. The molecule has 158 valence electrons. The number of hydrogen-bond donors (Lipinski definition) is 0. The van der Waals surface area contributed by atoms with Crippen molar-refractivity contribution < 1.29 is 13.9 Å². The van der Waals surface area contributed by atoms with Crippen LogP contribution in [-0.4, -0.2) is 30.5 Å². The first-order valence-electron chi connectivity index (χ1n) is 10.3. The van der Waals surface area contributed by atoms with Crippen LogP contribution in [0.3, 0.4) is 0 Å². The van der Waals surface area contributed by atoms with Crippen LogP contribution < -0.4 is 10.2 Å². The van der Waals surface area contributed by atoms with E-state index in [-0.39, 0.29) is 29.1 Å². The average molecular weight is 408 g/mol. The van der Waals surface area contributed by atoms with Crippen molar-refractivity contribution in [1.82, 2.24) is 4.90 Å². The summed E-state index contributed by atoms with van der Waals surface area (Å²) in [7, 11) is 0. The third-order valence-electron chi connectivity index (χ3n) is 5.23. The van der Waals surface area contributed by atoms with Crippen molar-refractivity contribution in [3.8, 4) is 17.1 Å². The maximum absolute atomic E-state index is 13.2. The Bertz CT molecular complexity index is 1090. The number of hydrogen-bond acceptors (Lipinski definition) is 4. The number of carbonyl (C=O) groups excluding carboxylic acids is 1. The third-order valence-corrected chi connectivity index (χ3v) is 5.23. The molecule has 0 saturated carbocycles. The first-order valence-corrected chi connectivity index (χ1v) is 10.3. The van der Waals surface area contributed by atoms with Crippen molar-refractivity contribution in [1.29, 1.82) is 0 Å². The van der Waals surface area contributed by atoms with E-state index in [2.05, 4.69) is 20.8 Å². The fourth-order valence-electron chi connectivity index (χ4n) is 3.37. The lowest BCUT2D eigenvalue weighted by molar-refractivity contribution is -0.132. The van der Waals surface area contributed by atoms with Crippen LogP contribution in [0.15, 0.2) is 57.7 Å². The zero-order chi connectivity index (χ0) is 21.9. The second-order valence-electron chi connectivity index (χ2n) is 8.27. The molecule has 3 aromatic rings. The lowest BCUT2D eigenvalue weighted by atomic mass is 9.86. The van der Waals surface area contributed by atoms with Gasteiger partial charge in [-0.15, -0.1) is 0 Å². The zero-order valence-electron chi connectivity index (χ0n) is 18.3. The Kier molecular flexibility index (Phi) is 6.30. The van der Waals surface area contributed by atoms with Gasteiger partial charge in [0, 0.05) is 18.7 Å². The average Bonchev–Trinajstić information content (AvgIpc) is 2.73. The van der Waals surface area contributed by atoms with Gasteiger partial charge in [0.15, 0.2) is 12.4 Å². The molecular formula is C25H29NO4. The van der Waals surface area contributed by atoms with Crippen molar-refractivity contribution in [2.75, 3.05) is 19.7 Å². The monoisotopic (exact) mass is 407 g/mol. The van der Waals surface area contributed by atoms with Gasteiger partial charge < -0.3 is 14.1 Å². The Morgan fingerprint density at radius 1 is 1.00 bits per heavy atom. The highest BCUT2D eigenvalue weighted by atomic mass is 16.5.